The molecule has 1 atom stereocenters. The van der Waals surface area contributed by atoms with E-state index < -0.39 is 5.41 Å². The number of hydrogen-bond acceptors (Lipinski definition) is 3. The zero-order valence-corrected chi connectivity index (χ0v) is 11.9. The van der Waals surface area contributed by atoms with Crippen molar-refractivity contribution in [2.45, 2.75) is 31.2 Å². The number of carbonyl (C=O) groups is 1. The van der Waals surface area contributed by atoms with Crippen molar-refractivity contribution in [2.24, 2.45) is 0 Å². The molecule has 2 aliphatic rings. The predicted octanol–water partition coefficient (Wildman–Crippen LogP) is 2.00. The Morgan fingerprint density at radius 3 is 2.68 bits per heavy atom. The standard InChI is InChI=1S/C15H20N2O2/c1-14(2)15(7-8-17(14)3)11-9-10(19-4)5-6-12(11)16-13(15)18/h5-6,9H,7-8H2,1-4H3,(H,16,18). The predicted molar refractivity (Wildman–Crippen MR) is 74.6 cm³/mol. The molecule has 1 unspecified atom stereocenters. The Bertz CT molecular complexity index is 553. The van der Waals surface area contributed by atoms with Gasteiger partial charge in [-0.25, -0.2) is 0 Å². The van der Waals surface area contributed by atoms with E-state index in [4.69, 9.17) is 4.74 Å². The Morgan fingerprint density at radius 2 is 2.11 bits per heavy atom. The Labute approximate surface area is 113 Å². The van der Waals surface area contributed by atoms with Gasteiger partial charge in [0.2, 0.25) is 5.91 Å². The molecule has 1 aromatic rings. The minimum Gasteiger partial charge on any atom is -0.497 e. The van der Waals surface area contributed by atoms with Gasteiger partial charge in [-0.2, -0.15) is 0 Å². The topological polar surface area (TPSA) is 41.6 Å². The Hall–Kier alpha value is -1.55. The molecule has 102 valence electrons. The van der Waals surface area contributed by atoms with E-state index in [1.165, 1.54) is 0 Å². The van der Waals surface area contributed by atoms with Crippen LogP contribution in [0.3, 0.4) is 0 Å². The number of likely N-dealkylation sites (tertiary alicyclic amines) is 1. The summed E-state index contributed by atoms with van der Waals surface area (Å²) in [7, 11) is 3.74. The van der Waals surface area contributed by atoms with E-state index in [2.05, 4.69) is 31.1 Å². The molecule has 0 saturated carbocycles. The van der Waals surface area contributed by atoms with Gasteiger partial charge in [-0.3, -0.25) is 9.69 Å². The third-order valence-corrected chi connectivity index (χ3v) is 5.14. The van der Waals surface area contributed by atoms with Gasteiger partial charge in [0.25, 0.3) is 0 Å². The number of anilines is 1. The minimum atomic E-state index is -0.467. The van der Waals surface area contributed by atoms with Gasteiger partial charge in [0.1, 0.15) is 5.75 Å². The lowest BCUT2D eigenvalue weighted by Crippen LogP contribution is -2.53. The van der Waals surface area contributed by atoms with E-state index in [0.717, 1.165) is 30.0 Å². The number of likely N-dealkylation sites (N-methyl/N-ethyl adjacent to an activating group) is 1. The minimum absolute atomic E-state index is 0.116. The Morgan fingerprint density at radius 1 is 1.37 bits per heavy atom. The maximum Gasteiger partial charge on any atom is 0.237 e. The van der Waals surface area contributed by atoms with E-state index in [1.807, 2.05) is 18.2 Å². The van der Waals surface area contributed by atoms with Crippen LogP contribution in [-0.4, -0.2) is 37.0 Å². The molecule has 4 heteroatoms. The highest BCUT2D eigenvalue weighted by Gasteiger charge is 2.61. The molecule has 1 spiro atoms. The zero-order chi connectivity index (χ0) is 13.8. The largest absolute Gasteiger partial charge is 0.497 e. The number of methoxy groups -OCH3 is 1. The normalized spacial score (nSPS) is 28.5. The molecular weight excluding hydrogens is 240 g/mol. The number of hydrogen-bond donors (Lipinski definition) is 1. The number of amides is 1. The highest BCUT2D eigenvalue weighted by molar-refractivity contribution is 6.07. The van der Waals surface area contributed by atoms with E-state index in [-0.39, 0.29) is 11.4 Å². The third-order valence-electron chi connectivity index (χ3n) is 5.14. The van der Waals surface area contributed by atoms with Gasteiger partial charge in [-0.1, -0.05) is 0 Å². The van der Waals surface area contributed by atoms with E-state index in [9.17, 15) is 4.79 Å². The lowest BCUT2D eigenvalue weighted by molar-refractivity contribution is -0.123. The maximum atomic E-state index is 12.6. The molecule has 0 aromatic heterocycles. The summed E-state index contributed by atoms with van der Waals surface area (Å²) in [6.07, 6.45) is 0.850. The van der Waals surface area contributed by atoms with Crippen molar-refractivity contribution >= 4 is 11.6 Å². The van der Waals surface area contributed by atoms with Crippen LogP contribution in [0, 0.1) is 0 Å². The fourth-order valence-corrected chi connectivity index (χ4v) is 3.57. The van der Waals surface area contributed by atoms with Crippen LogP contribution in [-0.2, 0) is 10.2 Å². The molecule has 19 heavy (non-hydrogen) atoms. The Balaban J connectivity index is 2.22. The summed E-state index contributed by atoms with van der Waals surface area (Å²) < 4.78 is 5.32. The second kappa shape index (κ2) is 3.73. The Kier molecular flexibility index (Phi) is 2.45. The molecule has 0 bridgehead atoms. The first-order valence-electron chi connectivity index (χ1n) is 6.65. The van der Waals surface area contributed by atoms with Crippen LogP contribution in [0.2, 0.25) is 0 Å². The number of nitrogens with zero attached hydrogens (tertiary/aromatic N) is 1. The average molecular weight is 260 g/mol. The van der Waals surface area contributed by atoms with Crippen LogP contribution in [0.5, 0.6) is 5.75 Å². The van der Waals surface area contributed by atoms with Gasteiger partial charge >= 0.3 is 0 Å². The van der Waals surface area contributed by atoms with Crippen molar-refractivity contribution in [3.05, 3.63) is 23.8 Å². The molecule has 1 N–H and O–H groups in total. The van der Waals surface area contributed by atoms with Crippen LogP contribution in [0.4, 0.5) is 5.69 Å². The molecule has 4 nitrogen and oxygen atoms in total. The first kappa shape index (κ1) is 12.5. The van der Waals surface area contributed by atoms with Gasteiger partial charge in [-0.05, 0) is 57.6 Å². The number of ether oxygens (including phenoxy) is 1. The number of fused-ring (bicyclic) bond motifs is 2. The summed E-state index contributed by atoms with van der Waals surface area (Å²) in [5, 5.41) is 3.04. The van der Waals surface area contributed by atoms with Crippen molar-refractivity contribution in [1.29, 1.82) is 0 Å². The molecule has 2 heterocycles. The van der Waals surface area contributed by atoms with Crippen molar-refractivity contribution in [2.75, 3.05) is 26.0 Å². The molecule has 1 fully saturated rings. The number of carbonyl (C=O) groups excluding carboxylic acids is 1. The summed E-state index contributed by atoms with van der Waals surface area (Å²) in [5.74, 6) is 0.921. The highest BCUT2D eigenvalue weighted by atomic mass is 16.5. The van der Waals surface area contributed by atoms with Gasteiger partial charge < -0.3 is 10.1 Å². The zero-order valence-electron chi connectivity index (χ0n) is 11.9. The fraction of sp³-hybridized carbons (Fsp3) is 0.533. The van der Waals surface area contributed by atoms with Gasteiger partial charge in [0, 0.05) is 11.2 Å². The molecule has 0 radical (unpaired) electrons. The molecular formula is C15H20N2O2. The van der Waals surface area contributed by atoms with Gasteiger partial charge in [-0.15, -0.1) is 0 Å². The fourth-order valence-electron chi connectivity index (χ4n) is 3.57. The van der Waals surface area contributed by atoms with Crippen molar-refractivity contribution in [1.82, 2.24) is 4.90 Å². The molecule has 1 amide bonds. The first-order valence-corrected chi connectivity index (χ1v) is 6.65. The number of rotatable bonds is 1. The lowest BCUT2D eigenvalue weighted by atomic mass is 9.68. The van der Waals surface area contributed by atoms with Crippen LogP contribution in [0.1, 0.15) is 25.8 Å². The lowest BCUT2D eigenvalue weighted by Gasteiger charge is -2.40. The SMILES string of the molecule is COc1ccc2c(c1)C1(CCN(C)C1(C)C)C(=O)N2. The van der Waals surface area contributed by atoms with E-state index >= 15 is 0 Å². The van der Waals surface area contributed by atoms with Crippen molar-refractivity contribution < 1.29 is 9.53 Å². The van der Waals surface area contributed by atoms with Crippen molar-refractivity contribution in [3.63, 3.8) is 0 Å². The molecule has 0 aliphatic carbocycles. The molecule has 2 aliphatic heterocycles. The number of benzene rings is 1. The van der Waals surface area contributed by atoms with Crippen LogP contribution < -0.4 is 10.1 Å². The second-order valence-corrected chi connectivity index (χ2v) is 6.00. The van der Waals surface area contributed by atoms with Crippen molar-refractivity contribution in [3.8, 4) is 5.75 Å². The molecule has 1 saturated heterocycles. The average Bonchev–Trinajstić information content (AvgIpc) is 2.80. The second-order valence-electron chi connectivity index (χ2n) is 6.00. The van der Waals surface area contributed by atoms with E-state index in [0.29, 0.717) is 0 Å². The summed E-state index contributed by atoms with van der Waals surface area (Å²) in [4.78, 5) is 14.9. The summed E-state index contributed by atoms with van der Waals surface area (Å²) in [5.41, 5.74) is 1.33. The summed E-state index contributed by atoms with van der Waals surface area (Å²) >= 11 is 0. The van der Waals surface area contributed by atoms with E-state index in [1.54, 1.807) is 7.11 Å². The molecule has 1 aromatic carbocycles. The summed E-state index contributed by atoms with van der Waals surface area (Å²) in [6, 6.07) is 5.84. The first-order chi connectivity index (χ1) is 8.93. The number of nitrogens with one attached hydrogen (secondary N) is 1. The van der Waals surface area contributed by atoms with Crippen LogP contribution >= 0.6 is 0 Å². The highest BCUT2D eigenvalue weighted by Crippen LogP contribution is 2.53. The molecule has 3 rings (SSSR count). The third kappa shape index (κ3) is 1.35. The van der Waals surface area contributed by atoms with Crippen LogP contribution in [0.25, 0.3) is 0 Å². The van der Waals surface area contributed by atoms with Gasteiger partial charge in [0.15, 0.2) is 0 Å². The monoisotopic (exact) mass is 260 g/mol. The van der Waals surface area contributed by atoms with Crippen LogP contribution in [0.15, 0.2) is 18.2 Å². The maximum absolute atomic E-state index is 12.6. The quantitative estimate of drug-likeness (QED) is 0.839. The van der Waals surface area contributed by atoms with Gasteiger partial charge in [0.05, 0.1) is 12.5 Å². The summed E-state index contributed by atoms with van der Waals surface area (Å²) in [6.45, 7) is 5.22. The smallest absolute Gasteiger partial charge is 0.237 e.